The molecule has 0 aliphatic rings. The molecule has 1 aromatic carbocycles. The molecule has 4 nitrogen and oxygen atoms in total. The lowest BCUT2D eigenvalue weighted by Gasteiger charge is -2.09. The molecule has 0 fully saturated rings. The van der Waals surface area contributed by atoms with Gasteiger partial charge in [-0.3, -0.25) is 0 Å². The van der Waals surface area contributed by atoms with Crippen LogP contribution in [0.15, 0.2) is 53.5 Å². The fourth-order valence-corrected chi connectivity index (χ4v) is 2.73. The average Bonchev–Trinajstić information content (AvgIpc) is 3.10. The number of thiophene rings is 1. The van der Waals surface area contributed by atoms with Crippen molar-refractivity contribution in [2.75, 3.05) is 13.7 Å². The molecule has 0 amide bonds. The molecule has 112 valence electrons. The maximum absolute atomic E-state index is 5.82. The molecule has 0 spiro atoms. The molecule has 5 heteroatoms. The van der Waals surface area contributed by atoms with Gasteiger partial charge in [-0.25, -0.2) is 9.97 Å². The van der Waals surface area contributed by atoms with E-state index in [-0.39, 0.29) is 0 Å². The summed E-state index contributed by atoms with van der Waals surface area (Å²) in [6.07, 6.45) is 4.14. The Bertz CT molecular complexity index is 712. The number of methoxy groups -OCH3 is 1. The zero-order valence-corrected chi connectivity index (χ0v) is 13.0. The molecule has 0 aliphatic heterocycles. The van der Waals surface area contributed by atoms with Crippen molar-refractivity contribution in [2.24, 2.45) is 0 Å². The second-order valence-corrected chi connectivity index (χ2v) is 5.45. The fourth-order valence-electron chi connectivity index (χ4n) is 2.09. The van der Waals surface area contributed by atoms with E-state index >= 15 is 0 Å². The van der Waals surface area contributed by atoms with Crippen molar-refractivity contribution in [3.63, 3.8) is 0 Å². The van der Waals surface area contributed by atoms with Gasteiger partial charge in [0.05, 0.1) is 13.7 Å². The summed E-state index contributed by atoms with van der Waals surface area (Å²) in [6, 6.07) is 10.0. The lowest BCUT2D eigenvalue weighted by atomic mass is 10.1. The number of aromatic nitrogens is 2. The number of hydrogen-bond donors (Lipinski definition) is 0. The topological polar surface area (TPSA) is 44.2 Å². The van der Waals surface area contributed by atoms with Crippen LogP contribution in [0.25, 0.3) is 11.3 Å². The van der Waals surface area contributed by atoms with Crippen LogP contribution in [0.4, 0.5) is 0 Å². The van der Waals surface area contributed by atoms with E-state index < -0.39 is 0 Å². The molecule has 3 aromatic rings. The van der Waals surface area contributed by atoms with Crippen LogP contribution in [0, 0.1) is 0 Å². The largest absolute Gasteiger partial charge is 0.497 e. The molecule has 0 saturated heterocycles. The highest BCUT2D eigenvalue weighted by Gasteiger charge is 2.09. The second kappa shape index (κ2) is 7.04. The fraction of sp³-hybridized carbons (Fsp3) is 0.176. The zero-order valence-electron chi connectivity index (χ0n) is 12.2. The Hall–Kier alpha value is -2.40. The van der Waals surface area contributed by atoms with Crippen LogP contribution < -0.4 is 9.47 Å². The van der Waals surface area contributed by atoms with Gasteiger partial charge in [0.1, 0.15) is 11.4 Å². The van der Waals surface area contributed by atoms with Crippen molar-refractivity contribution in [3.05, 3.63) is 59.0 Å². The SMILES string of the molecule is COc1ccc(CCOc2nccnc2-c2ccsc2)cc1. The van der Waals surface area contributed by atoms with E-state index in [1.807, 2.05) is 41.1 Å². The number of rotatable bonds is 6. The molecule has 2 aromatic heterocycles. The maximum Gasteiger partial charge on any atom is 0.240 e. The van der Waals surface area contributed by atoms with Gasteiger partial charge < -0.3 is 9.47 Å². The van der Waals surface area contributed by atoms with E-state index in [1.54, 1.807) is 30.8 Å². The summed E-state index contributed by atoms with van der Waals surface area (Å²) in [4.78, 5) is 8.67. The van der Waals surface area contributed by atoms with E-state index in [9.17, 15) is 0 Å². The van der Waals surface area contributed by atoms with Gasteiger partial charge in [0.25, 0.3) is 0 Å². The van der Waals surface area contributed by atoms with Gasteiger partial charge in [0, 0.05) is 29.8 Å². The van der Waals surface area contributed by atoms with Crippen molar-refractivity contribution in [2.45, 2.75) is 6.42 Å². The molecule has 0 radical (unpaired) electrons. The lowest BCUT2D eigenvalue weighted by molar-refractivity contribution is 0.309. The molecular weight excluding hydrogens is 296 g/mol. The predicted molar refractivity (Wildman–Crippen MR) is 87.5 cm³/mol. The van der Waals surface area contributed by atoms with Crippen molar-refractivity contribution in [1.82, 2.24) is 9.97 Å². The molecule has 3 rings (SSSR count). The van der Waals surface area contributed by atoms with Crippen molar-refractivity contribution in [3.8, 4) is 22.9 Å². The van der Waals surface area contributed by atoms with Gasteiger partial charge in [-0.1, -0.05) is 12.1 Å². The first kappa shape index (κ1) is 14.5. The van der Waals surface area contributed by atoms with E-state index in [1.165, 1.54) is 5.56 Å². The molecule has 0 bridgehead atoms. The number of ether oxygens (including phenoxy) is 2. The first-order chi connectivity index (χ1) is 10.9. The minimum Gasteiger partial charge on any atom is -0.497 e. The Kier molecular flexibility index (Phi) is 4.65. The standard InChI is InChI=1S/C17H16N2O2S/c1-20-15-4-2-13(3-5-15)6-10-21-17-16(18-8-9-19-17)14-7-11-22-12-14/h2-5,7-9,11-12H,6,10H2,1H3. The lowest BCUT2D eigenvalue weighted by Crippen LogP contribution is -2.04. The van der Waals surface area contributed by atoms with Crippen LogP contribution in [-0.4, -0.2) is 23.7 Å². The normalized spacial score (nSPS) is 10.4. The molecule has 0 atom stereocenters. The third kappa shape index (κ3) is 3.43. The summed E-state index contributed by atoms with van der Waals surface area (Å²) in [5.74, 6) is 1.44. The van der Waals surface area contributed by atoms with Crippen LogP contribution >= 0.6 is 11.3 Å². The van der Waals surface area contributed by atoms with E-state index in [0.717, 1.165) is 23.4 Å². The summed E-state index contributed by atoms with van der Waals surface area (Å²) in [5.41, 5.74) is 3.03. The second-order valence-electron chi connectivity index (χ2n) is 4.67. The average molecular weight is 312 g/mol. The Morgan fingerprint density at radius 1 is 1.05 bits per heavy atom. The highest BCUT2D eigenvalue weighted by molar-refractivity contribution is 7.08. The van der Waals surface area contributed by atoms with Crippen LogP contribution in [0.2, 0.25) is 0 Å². The van der Waals surface area contributed by atoms with Gasteiger partial charge in [0.15, 0.2) is 0 Å². The van der Waals surface area contributed by atoms with Crippen LogP contribution in [0.1, 0.15) is 5.56 Å². The van der Waals surface area contributed by atoms with Crippen LogP contribution in [0.5, 0.6) is 11.6 Å². The van der Waals surface area contributed by atoms with Crippen molar-refractivity contribution in [1.29, 1.82) is 0 Å². The summed E-state index contributed by atoms with van der Waals surface area (Å²) in [7, 11) is 1.66. The Labute approximate surface area is 133 Å². The van der Waals surface area contributed by atoms with E-state index in [4.69, 9.17) is 9.47 Å². The minimum absolute atomic E-state index is 0.558. The quantitative estimate of drug-likeness (QED) is 0.694. The third-order valence-electron chi connectivity index (χ3n) is 3.25. The zero-order chi connectivity index (χ0) is 15.2. The van der Waals surface area contributed by atoms with Crippen LogP contribution in [-0.2, 0) is 6.42 Å². The predicted octanol–water partition coefficient (Wildman–Crippen LogP) is 3.84. The Morgan fingerprint density at radius 2 is 1.86 bits per heavy atom. The summed E-state index contributed by atoms with van der Waals surface area (Å²) in [6.45, 7) is 0.558. The summed E-state index contributed by atoms with van der Waals surface area (Å²) < 4.78 is 11.0. The van der Waals surface area contributed by atoms with Crippen molar-refractivity contribution < 1.29 is 9.47 Å². The molecule has 0 N–H and O–H groups in total. The van der Waals surface area contributed by atoms with E-state index in [0.29, 0.717) is 12.5 Å². The van der Waals surface area contributed by atoms with Gasteiger partial charge in [-0.2, -0.15) is 11.3 Å². The highest BCUT2D eigenvalue weighted by atomic mass is 32.1. The Morgan fingerprint density at radius 3 is 2.59 bits per heavy atom. The summed E-state index contributed by atoms with van der Waals surface area (Å²) >= 11 is 1.63. The number of nitrogens with zero attached hydrogens (tertiary/aromatic N) is 2. The highest BCUT2D eigenvalue weighted by Crippen LogP contribution is 2.27. The monoisotopic (exact) mass is 312 g/mol. The molecular formula is C17H16N2O2S. The Balaban J connectivity index is 1.64. The first-order valence-electron chi connectivity index (χ1n) is 6.96. The molecule has 22 heavy (non-hydrogen) atoms. The first-order valence-corrected chi connectivity index (χ1v) is 7.90. The molecule has 0 saturated carbocycles. The smallest absolute Gasteiger partial charge is 0.240 e. The number of hydrogen-bond acceptors (Lipinski definition) is 5. The minimum atomic E-state index is 0.558. The third-order valence-corrected chi connectivity index (χ3v) is 3.93. The maximum atomic E-state index is 5.82. The van der Waals surface area contributed by atoms with Gasteiger partial charge in [-0.15, -0.1) is 0 Å². The number of benzene rings is 1. The van der Waals surface area contributed by atoms with Crippen molar-refractivity contribution >= 4 is 11.3 Å². The summed E-state index contributed by atoms with van der Waals surface area (Å²) in [5, 5.41) is 4.06. The van der Waals surface area contributed by atoms with Gasteiger partial charge in [0.2, 0.25) is 5.88 Å². The molecule has 0 aliphatic carbocycles. The molecule has 0 unspecified atom stereocenters. The van der Waals surface area contributed by atoms with Crippen LogP contribution in [0.3, 0.4) is 0 Å². The van der Waals surface area contributed by atoms with E-state index in [2.05, 4.69) is 9.97 Å². The van der Waals surface area contributed by atoms with Gasteiger partial charge >= 0.3 is 0 Å². The van der Waals surface area contributed by atoms with Gasteiger partial charge in [-0.05, 0) is 29.1 Å². The molecule has 2 heterocycles.